The van der Waals surface area contributed by atoms with E-state index in [1.54, 1.807) is 12.1 Å². The van der Waals surface area contributed by atoms with Gasteiger partial charge in [-0.15, -0.1) is 0 Å². The molecule has 122 valence electrons. The number of halogens is 1. The van der Waals surface area contributed by atoms with E-state index in [9.17, 15) is 9.59 Å². The number of unbranched alkanes of at least 4 members (excludes halogenated alkanes) is 1. The molecule has 4 nitrogen and oxygen atoms in total. The molecule has 1 N–H and O–H groups in total. The number of nitrogens with zero attached hydrogens (tertiary/aromatic N) is 1. The van der Waals surface area contributed by atoms with Crippen molar-refractivity contribution in [2.75, 3.05) is 13.1 Å². The van der Waals surface area contributed by atoms with Gasteiger partial charge in [-0.25, -0.2) is 0 Å². The summed E-state index contributed by atoms with van der Waals surface area (Å²) in [7, 11) is 0. The standard InChI is InChI=1S/C17H25ClN2O2/c1-4-6-11-20(5-2)17(22)12-16(19-13(3)21)14-7-9-15(18)10-8-14/h7-10,16H,4-6,11-12H2,1-3H3,(H,19,21). The highest BCUT2D eigenvalue weighted by Gasteiger charge is 2.20. The molecule has 0 heterocycles. The highest BCUT2D eigenvalue weighted by Crippen LogP contribution is 2.20. The van der Waals surface area contributed by atoms with Crippen LogP contribution in [0.2, 0.25) is 5.02 Å². The van der Waals surface area contributed by atoms with Gasteiger partial charge in [0.15, 0.2) is 0 Å². The number of rotatable bonds is 8. The van der Waals surface area contributed by atoms with Crippen LogP contribution >= 0.6 is 11.6 Å². The van der Waals surface area contributed by atoms with Crippen LogP contribution in [-0.4, -0.2) is 29.8 Å². The molecule has 0 saturated heterocycles. The van der Waals surface area contributed by atoms with Gasteiger partial charge in [0.2, 0.25) is 11.8 Å². The van der Waals surface area contributed by atoms with Crippen LogP contribution in [0.25, 0.3) is 0 Å². The van der Waals surface area contributed by atoms with E-state index in [4.69, 9.17) is 11.6 Å². The summed E-state index contributed by atoms with van der Waals surface area (Å²) in [6.45, 7) is 6.99. The van der Waals surface area contributed by atoms with Gasteiger partial charge in [-0.1, -0.05) is 37.1 Å². The number of amides is 2. The minimum absolute atomic E-state index is 0.0599. The van der Waals surface area contributed by atoms with E-state index >= 15 is 0 Å². The maximum Gasteiger partial charge on any atom is 0.224 e. The fourth-order valence-electron chi connectivity index (χ4n) is 2.30. The molecular weight excluding hydrogens is 300 g/mol. The largest absolute Gasteiger partial charge is 0.349 e. The van der Waals surface area contributed by atoms with E-state index in [0.29, 0.717) is 11.6 Å². The average Bonchev–Trinajstić information content (AvgIpc) is 2.47. The molecule has 0 aliphatic rings. The Morgan fingerprint density at radius 2 is 1.86 bits per heavy atom. The number of nitrogens with one attached hydrogen (secondary N) is 1. The summed E-state index contributed by atoms with van der Waals surface area (Å²) >= 11 is 5.90. The van der Waals surface area contributed by atoms with Crippen LogP contribution in [0.15, 0.2) is 24.3 Å². The second kappa shape index (κ2) is 9.46. The van der Waals surface area contributed by atoms with Crippen LogP contribution in [0.1, 0.15) is 51.6 Å². The first-order valence-electron chi connectivity index (χ1n) is 7.78. The second-order valence-electron chi connectivity index (χ2n) is 5.34. The first-order chi connectivity index (χ1) is 10.5. The topological polar surface area (TPSA) is 49.4 Å². The molecule has 0 radical (unpaired) electrons. The van der Waals surface area contributed by atoms with Gasteiger partial charge in [-0.3, -0.25) is 9.59 Å². The number of benzene rings is 1. The zero-order valence-corrected chi connectivity index (χ0v) is 14.3. The predicted octanol–water partition coefficient (Wildman–Crippen LogP) is 3.56. The zero-order valence-electron chi connectivity index (χ0n) is 13.6. The minimum Gasteiger partial charge on any atom is -0.349 e. The van der Waals surface area contributed by atoms with Crippen molar-refractivity contribution in [3.63, 3.8) is 0 Å². The quantitative estimate of drug-likeness (QED) is 0.795. The molecule has 1 aromatic rings. The number of carbonyl (C=O) groups is 2. The minimum atomic E-state index is -0.321. The summed E-state index contributed by atoms with van der Waals surface area (Å²) in [5.74, 6) is -0.0889. The molecule has 0 aliphatic heterocycles. The van der Waals surface area contributed by atoms with Crippen LogP contribution in [-0.2, 0) is 9.59 Å². The van der Waals surface area contributed by atoms with Gasteiger partial charge >= 0.3 is 0 Å². The van der Waals surface area contributed by atoms with Crippen molar-refractivity contribution in [3.05, 3.63) is 34.9 Å². The normalized spacial score (nSPS) is 11.8. The van der Waals surface area contributed by atoms with Crippen molar-refractivity contribution in [2.45, 2.75) is 46.1 Å². The van der Waals surface area contributed by atoms with Gasteiger partial charge in [-0.05, 0) is 31.0 Å². The third-order valence-corrected chi connectivity index (χ3v) is 3.80. The maximum absolute atomic E-state index is 12.5. The molecular formula is C17H25ClN2O2. The van der Waals surface area contributed by atoms with Crippen molar-refractivity contribution in [3.8, 4) is 0 Å². The Hall–Kier alpha value is -1.55. The summed E-state index contributed by atoms with van der Waals surface area (Å²) in [5.41, 5.74) is 0.888. The fourth-order valence-corrected chi connectivity index (χ4v) is 2.43. The molecule has 1 atom stereocenters. The third-order valence-electron chi connectivity index (χ3n) is 3.54. The summed E-state index contributed by atoms with van der Waals surface area (Å²) in [6, 6.07) is 6.91. The van der Waals surface area contributed by atoms with E-state index in [1.807, 2.05) is 24.0 Å². The molecule has 0 fully saturated rings. The molecule has 22 heavy (non-hydrogen) atoms. The summed E-state index contributed by atoms with van der Waals surface area (Å²) in [4.78, 5) is 25.7. The number of hydrogen-bond acceptors (Lipinski definition) is 2. The summed E-state index contributed by atoms with van der Waals surface area (Å²) in [6.07, 6.45) is 2.31. The Kier molecular flexibility index (Phi) is 7.96. The van der Waals surface area contributed by atoms with Crippen molar-refractivity contribution < 1.29 is 9.59 Å². The zero-order chi connectivity index (χ0) is 16.5. The van der Waals surface area contributed by atoms with Crippen molar-refractivity contribution in [2.24, 2.45) is 0 Å². The molecule has 1 aromatic carbocycles. The Balaban J connectivity index is 2.81. The molecule has 0 spiro atoms. The first-order valence-corrected chi connectivity index (χ1v) is 8.16. The van der Waals surface area contributed by atoms with E-state index in [-0.39, 0.29) is 24.3 Å². The highest BCUT2D eigenvalue weighted by atomic mass is 35.5. The fraction of sp³-hybridized carbons (Fsp3) is 0.529. The third kappa shape index (κ3) is 6.06. The lowest BCUT2D eigenvalue weighted by atomic mass is 10.0. The van der Waals surface area contributed by atoms with Crippen LogP contribution in [0.5, 0.6) is 0 Å². The van der Waals surface area contributed by atoms with Crippen LogP contribution in [0, 0.1) is 0 Å². The van der Waals surface area contributed by atoms with Gasteiger partial charge < -0.3 is 10.2 Å². The molecule has 0 aromatic heterocycles. The lowest BCUT2D eigenvalue weighted by molar-refractivity contribution is -0.132. The van der Waals surface area contributed by atoms with E-state index in [0.717, 1.165) is 24.9 Å². The predicted molar refractivity (Wildman–Crippen MR) is 89.8 cm³/mol. The van der Waals surface area contributed by atoms with Gasteiger partial charge in [0.1, 0.15) is 0 Å². The lowest BCUT2D eigenvalue weighted by Gasteiger charge is -2.24. The summed E-state index contributed by atoms with van der Waals surface area (Å²) < 4.78 is 0. The molecule has 1 rings (SSSR count). The molecule has 0 aliphatic carbocycles. The smallest absolute Gasteiger partial charge is 0.224 e. The summed E-state index contributed by atoms with van der Waals surface area (Å²) in [5, 5.41) is 3.49. The Bertz CT molecular complexity index is 488. The van der Waals surface area contributed by atoms with Crippen molar-refractivity contribution in [1.82, 2.24) is 10.2 Å². The molecule has 5 heteroatoms. The monoisotopic (exact) mass is 324 g/mol. The van der Waals surface area contributed by atoms with Crippen molar-refractivity contribution >= 4 is 23.4 Å². The highest BCUT2D eigenvalue weighted by molar-refractivity contribution is 6.30. The lowest BCUT2D eigenvalue weighted by Crippen LogP contribution is -2.36. The van der Waals surface area contributed by atoms with E-state index < -0.39 is 0 Å². The van der Waals surface area contributed by atoms with Gasteiger partial charge in [0.05, 0.1) is 12.5 Å². The molecule has 2 amide bonds. The maximum atomic E-state index is 12.5. The number of carbonyl (C=O) groups excluding carboxylic acids is 2. The van der Waals surface area contributed by atoms with Gasteiger partial charge in [0.25, 0.3) is 0 Å². The van der Waals surface area contributed by atoms with Crippen LogP contribution < -0.4 is 5.32 Å². The molecule has 0 saturated carbocycles. The van der Waals surface area contributed by atoms with Crippen LogP contribution in [0.4, 0.5) is 0 Å². The Morgan fingerprint density at radius 3 is 2.36 bits per heavy atom. The molecule has 0 bridgehead atoms. The SMILES string of the molecule is CCCCN(CC)C(=O)CC(NC(C)=O)c1ccc(Cl)cc1. The van der Waals surface area contributed by atoms with E-state index in [2.05, 4.69) is 12.2 Å². The van der Waals surface area contributed by atoms with Gasteiger partial charge in [0, 0.05) is 25.0 Å². The molecule has 1 unspecified atom stereocenters. The Labute approximate surface area is 137 Å². The van der Waals surface area contributed by atoms with Crippen LogP contribution in [0.3, 0.4) is 0 Å². The average molecular weight is 325 g/mol. The Morgan fingerprint density at radius 1 is 1.23 bits per heavy atom. The number of hydrogen-bond donors (Lipinski definition) is 1. The van der Waals surface area contributed by atoms with Crippen molar-refractivity contribution in [1.29, 1.82) is 0 Å². The van der Waals surface area contributed by atoms with Gasteiger partial charge in [-0.2, -0.15) is 0 Å². The van der Waals surface area contributed by atoms with E-state index in [1.165, 1.54) is 6.92 Å². The first kappa shape index (κ1) is 18.5. The second-order valence-corrected chi connectivity index (χ2v) is 5.77.